The number of hydrogen-bond donors (Lipinski definition) is 1. The van der Waals surface area contributed by atoms with Crippen molar-refractivity contribution in [3.63, 3.8) is 0 Å². The van der Waals surface area contributed by atoms with Gasteiger partial charge in [0.2, 0.25) is 5.91 Å². The molecule has 1 unspecified atom stereocenters. The summed E-state index contributed by atoms with van der Waals surface area (Å²) in [6.45, 7) is 5.90. The predicted octanol–water partition coefficient (Wildman–Crippen LogP) is 0.474. The summed E-state index contributed by atoms with van der Waals surface area (Å²) in [6, 6.07) is 0. The molecule has 0 spiro atoms. The maximum atomic E-state index is 11.4. The van der Waals surface area contributed by atoms with Crippen molar-refractivity contribution < 1.29 is 18.5 Å². The van der Waals surface area contributed by atoms with Crippen LogP contribution in [0, 0.1) is 0 Å². The van der Waals surface area contributed by atoms with E-state index in [0.717, 1.165) is 0 Å². The lowest BCUT2D eigenvalue weighted by Gasteiger charge is -2.13. The van der Waals surface area contributed by atoms with Crippen molar-refractivity contribution in [1.82, 2.24) is 4.72 Å². The summed E-state index contributed by atoms with van der Waals surface area (Å²) in [4.78, 5) is 10.6. The molecule has 1 amide bonds. The zero-order valence-electron chi connectivity index (χ0n) is 10.0. The minimum atomic E-state index is -1.44. The van der Waals surface area contributed by atoms with Crippen LogP contribution in [0.25, 0.3) is 0 Å². The molecular formula is C9H21NO4S. The summed E-state index contributed by atoms with van der Waals surface area (Å²) in [5, 5.41) is -0.320. The first-order valence-corrected chi connectivity index (χ1v) is 5.98. The van der Waals surface area contributed by atoms with Crippen molar-refractivity contribution >= 4 is 16.9 Å². The van der Waals surface area contributed by atoms with Gasteiger partial charge in [-0.05, 0) is 0 Å². The number of carbonyl (C=O) groups is 1. The lowest BCUT2D eigenvalue weighted by Crippen LogP contribution is -2.36. The Labute approximate surface area is 94.1 Å². The molecule has 0 saturated heterocycles. The first kappa shape index (κ1) is 17.0. The molecule has 92 valence electrons. The summed E-state index contributed by atoms with van der Waals surface area (Å²) in [6.07, 6.45) is 0. The highest BCUT2D eigenvalue weighted by Gasteiger charge is 2.17. The summed E-state index contributed by atoms with van der Waals surface area (Å²) in [7, 11) is 1.58. The van der Waals surface area contributed by atoms with Crippen molar-refractivity contribution in [3.8, 4) is 0 Å². The third kappa shape index (κ3) is 9.84. The number of rotatable bonds is 6. The molecule has 6 heteroatoms. The van der Waals surface area contributed by atoms with E-state index < -0.39 is 11.0 Å². The fourth-order valence-electron chi connectivity index (χ4n) is 0.768. The summed E-state index contributed by atoms with van der Waals surface area (Å²) >= 11 is 0. The van der Waals surface area contributed by atoms with Crippen LogP contribution in [-0.4, -0.2) is 42.8 Å². The van der Waals surface area contributed by atoms with Gasteiger partial charge in [0, 0.05) is 21.1 Å². The van der Waals surface area contributed by atoms with Crippen molar-refractivity contribution in [1.29, 1.82) is 0 Å². The Morgan fingerprint density at radius 2 is 1.67 bits per heavy atom. The van der Waals surface area contributed by atoms with Gasteiger partial charge >= 0.3 is 0 Å². The monoisotopic (exact) mass is 239 g/mol. The third-order valence-electron chi connectivity index (χ3n) is 1.25. The van der Waals surface area contributed by atoms with E-state index in [0.29, 0.717) is 13.2 Å². The molecule has 0 rings (SSSR count). The van der Waals surface area contributed by atoms with E-state index in [9.17, 15) is 9.00 Å². The second-order valence-electron chi connectivity index (χ2n) is 2.49. The Morgan fingerprint density at radius 1 is 1.27 bits per heavy atom. The molecule has 0 aliphatic rings. The highest BCUT2D eigenvalue weighted by Crippen LogP contribution is 1.95. The molecule has 0 saturated carbocycles. The first-order chi connectivity index (χ1) is 7.11. The van der Waals surface area contributed by atoms with Crippen LogP contribution < -0.4 is 4.72 Å². The maximum absolute atomic E-state index is 11.4. The summed E-state index contributed by atoms with van der Waals surface area (Å²) < 4.78 is 23.3. The lowest BCUT2D eigenvalue weighted by molar-refractivity contribution is -0.117. The third-order valence-corrected chi connectivity index (χ3v) is 2.62. The molecule has 0 heterocycles. The van der Waals surface area contributed by atoms with Crippen molar-refractivity contribution in [2.24, 2.45) is 0 Å². The highest BCUT2D eigenvalue weighted by atomic mass is 32.2. The number of nitrogens with one attached hydrogen (secondary N) is 1. The largest absolute Gasteiger partial charge is 0.383 e. The van der Waals surface area contributed by atoms with Crippen molar-refractivity contribution in [3.05, 3.63) is 0 Å². The Balaban J connectivity index is 0. The SMILES string of the molecule is CC.COCC(COC)S(=O)NC(C)=O. The Kier molecular flexibility index (Phi) is 13.1. The first-order valence-electron chi connectivity index (χ1n) is 4.77. The van der Waals surface area contributed by atoms with Gasteiger partial charge in [0.1, 0.15) is 16.2 Å². The fourth-order valence-corrected chi connectivity index (χ4v) is 1.74. The van der Waals surface area contributed by atoms with Crippen LogP contribution in [0.5, 0.6) is 0 Å². The van der Waals surface area contributed by atoms with Crippen LogP contribution >= 0.6 is 0 Å². The predicted molar refractivity (Wildman–Crippen MR) is 60.8 cm³/mol. The van der Waals surface area contributed by atoms with E-state index in [1.807, 2.05) is 13.8 Å². The number of ether oxygens (including phenoxy) is 2. The topological polar surface area (TPSA) is 64.6 Å². The van der Waals surface area contributed by atoms with Crippen LogP contribution in [0.4, 0.5) is 0 Å². The van der Waals surface area contributed by atoms with Crippen LogP contribution in [0.2, 0.25) is 0 Å². The number of methoxy groups -OCH3 is 2. The molecule has 0 aliphatic carbocycles. The Morgan fingerprint density at radius 3 is 1.93 bits per heavy atom. The van der Waals surface area contributed by atoms with E-state index in [-0.39, 0.29) is 11.2 Å². The molecule has 0 aliphatic heterocycles. The molecule has 1 atom stereocenters. The number of amides is 1. The van der Waals surface area contributed by atoms with Gasteiger partial charge in [-0.1, -0.05) is 13.8 Å². The zero-order chi connectivity index (χ0) is 12.3. The van der Waals surface area contributed by atoms with Crippen LogP contribution in [0.3, 0.4) is 0 Å². The van der Waals surface area contributed by atoms with Crippen molar-refractivity contribution in [2.75, 3.05) is 27.4 Å². The quantitative estimate of drug-likeness (QED) is 0.732. The second kappa shape index (κ2) is 11.6. The van der Waals surface area contributed by atoms with Gasteiger partial charge < -0.3 is 9.47 Å². The molecule has 0 aromatic rings. The number of hydrogen-bond acceptors (Lipinski definition) is 4. The minimum absolute atomic E-state index is 0.292. The lowest BCUT2D eigenvalue weighted by atomic mass is 10.5. The molecule has 15 heavy (non-hydrogen) atoms. The van der Waals surface area contributed by atoms with E-state index in [1.54, 1.807) is 0 Å². The van der Waals surface area contributed by atoms with Gasteiger partial charge in [0.25, 0.3) is 0 Å². The van der Waals surface area contributed by atoms with Gasteiger partial charge in [0.15, 0.2) is 0 Å². The normalized spacial score (nSPS) is 11.6. The molecular weight excluding hydrogens is 218 g/mol. The van der Waals surface area contributed by atoms with Crippen LogP contribution in [0.1, 0.15) is 20.8 Å². The van der Waals surface area contributed by atoms with Crippen LogP contribution in [-0.2, 0) is 25.3 Å². The standard InChI is InChI=1S/C7H15NO4S.C2H6/c1-6(9)8-13(10)7(4-11-2)5-12-3;1-2/h7H,4-5H2,1-3H3,(H,8,9);1-2H3. The highest BCUT2D eigenvalue weighted by molar-refractivity contribution is 7.84. The van der Waals surface area contributed by atoms with Gasteiger partial charge in [-0.3, -0.25) is 9.52 Å². The van der Waals surface area contributed by atoms with Crippen LogP contribution in [0.15, 0.2) is 0 Å². The minimum Gasteiger partial charge on any atom is -0.383 e. The average Bonchev–Trinajstić information content (AvgIpc) is 2.19. The Hall–Kier alpha value is -0.460. The molecule has 0 bridgehead atoms. The van der Waals surface area contributed by atoms with Gasteiger partial charge in [-0.15, -0.1) is 0 Å². The molecule has 1 N–H and O–H groups in total. The van der Waals surface area contributed by atoms with E-state index >= 15 is 0 Å². The maximum Gasteiger partial charge on any atom is 0.228 e. The van der Waals surface area contributed by atoms with Gasteiger partial charge in [0.05, 0.1) is 13.2 Å². The van der Waals surface area contributed by atoms with Gasteiger partial charge in [-0.25, -0.2) is 4.21 Å². The smallest absolute Gasteiger partial charge is 0.228 e. The summed E-state index contributed by atoms with van der Waals surface area (Å²) in [5.74, 6) is -0.324. The Bertz CT molecular complexity index is 181. The second-order valence-corrected chi connectivity index (χ2v) is 3.95. The molecule has 5 nitrogen and oxygen atoms in total. The van der Waals surface area contributed by atoms with E-state index in [1.165, 1.54) is 21.1 Å². The zero-order valence-corrected chi connectivity index (χ0v) is 10.8. The summed E-state index contributed by atoms with van der Waals surface area (Å²) in [5.41, 5.74) is 0. The number of carbonyl (C=O) groups excluding carboxylic acids is 1. The average molecular weight is 239 g/mol. The fraction of sp³-hybridized carbons (Fsp3) is 0.889. The molecule has 0 radical (unpaired) electrons. The van der Waals surface area contributed by atoms with Gasteiger partial charge in [-0.2, -0.15) is 0 Å². The molecule has 0 aromatic carbocycles. The van der Waals surface area contributed by atoms with E-state index in [4.69, 9.17) is 9.47 Å². The van der Waals surface area contributed by atoms with Crippen molar-refractivity contribution in [2.45, 2.75) is 26.0 Å². The molecule has 0 fully saturated rings. The van der Waals surface area contributed by atoms with E-state index in [2.05, 4.69) is 4.72 Å². The molecule has 0 aromatic heterocycles.